The highest BCUT2D eigenvalue weighted by atomic mass is 35.5. The number of halogens is 1. The van der Waals surface area contributed by atoms with E-state index in [-0.39, 0.29) is 18.4 Å². The molecule has 1 saturated heterocycles. The molecule has 24 heavy (non-hydrogen) atoms. The van der Waals surface area contributed by atoms with Crippen LogP contribution in [0.4, 0.5) is 0 Å². The molecule has 1 aromatic heterocycles. The molecule has 0 bridgehead atoms. The summed E-state index contributed by atoms with van der Waals surface area (Å²) in [5, 5.41) is 7.50. The summed E-state index contributed by atoms with van der Waals surface area (Å²) in [6, 6.07) is 7.50. The first-order chi connectivity index (χ1) is 11.6. The number of likely N-dealkylation sites (tertiary alicyclic amines) is 1. The molecule has 1 N–H and O–H groups in total. The number of hydrogen-bond donors (Lipinski definition) is 1. The van der Waals surface area contributed by atoms with Gasteiger partial charge in [-0.3, -0.25) is 14.3 Å². The van der Waals surface area contributed by atoms with Crippen LogP contribution in [0.25, 0.3) is 0 Å². The highest BCUT2D eigenvalue weighted by Gasteiger charge is 2.18. The van der Waals surface area contributed by atoms with E-state index in [9.17, 15) is 9.59 Å². The molecular formula is C17H19ClN4O2. The highest BCUT2D eigenvalue weighted by molar-refractivity contribution is 6.31. The number of hydrogen-bond acceptors (Lipinski definition) is 3. The molecule has 0 aliphatic carbocycles. The van der Waals surface area contributed by atoms with Crippen molar-refractivity contribution in [3.63, 3.8) is 0 Å². The Kier molecular flexibility index (Phi) is 5.15. The molecule has 1 fully saturated rings. The second-order valence-corrected chi connectivity index (χ2v) is 6.20. The Labute approximate surface area is 145 Å². The van der Waals surface area contributed by atoms with Crippen LogP contribution >= 0.6 is 11.6 Å². The number of amides is 2. The van der Waals surface area contributed by atoms with Gasteiger partial charge in [-0.25, -0.2) is 0 Å². The van der Waals surface area contributed by atoms with Crippen LogP contribution < -0.4 is 5.32 Å². The summed E-state index contributed by atoms with van der Waals surface area (Å²) < 4.78 is 1.65. The van der Waals surface area contributed by atoms with Gasteiger partial charge in [0.1, 0.15) is 0 Å². The first kappa shape index (κ1) is 16.5. The minimum atomic E-state index is -0.298. The third-order valence-electron chi connectivity index (χ3n) is 4.04. The molecule has 1 aromatic carbocycles. The van der Waals surface area contributed by atoms with Gasteiger partial charge in [-0.05, 0) is 24.5 Å². The van der Waals surface area contributed by atoms with Crippen LogP contribution in [0.15, 0.2) is 36.7 Å². The summed E-state index contributed by atoms with van der Waals surface area (Å²) in [4.78, 5) is 25.9. The van der Waals surface area contributed by atoms with E-state index in [1.807, 2.05) is 24.3 Å². The zero-order valence-corrected chi connectivity index (χ0v) is 14.0. The number of carbonyl (C=O) groups excluding carboxylic acids is 2. The van der Waals surface area contributed by atoms with E-state index in [1.54, 1.807) is 15.8 Å². The Bertz CT molecular complexity index is 738. The average molecular weight is 347 g/mol. The highest BCUT2D eigenvalue weighted by Crippen LogP contribution is 2.16. The van der Waals surface area contributed by atoms with Gasteiger partial charge in [0.05, 0.1) is 24.8 Å². The summed E-state index contributed by atoms with van der Waals surface area (Å²) >= 11 is 6.13. The molecule has 0 spiro atoms. The number of carbonyl (C=O) groups is 2. The second-order valence-electron chi connectivity index (χ2n) is 5.79. The van der Waals surface area contributed by atoms with E-state index in [0.717, 1.165) is 31.5 Å². The zero-order chi connectivity index (χ0) is 16.9. The Hall–Kier alpha value is -2.34. The van der Waals surface area contributed by atoms with Crippen LogP contribution in [0, 0.1) is 0 Å². The first-order valence-corrected chi connectivity index (χ1v) is 8.33. The van der Waals surface area contributed by atoms with Crippen molar-refractivity contribution in [1.82, 2.24) is 20.0 Å². The number of benzene rings is 1. The zero-order valence-electron chi connectivity index (χ0n) is 13.2. The maximum atomic E-state index is 12.1. The smallest absolute Gasteiger partial charge is 0.254 e. The van der Waals surface area contributed by atoms with Gasteiger partial charge in [0.2, 0.25) is 5.91 Å². The average Bonchev–Trinajstić information content (AvgIpc) is 3.26. The van der Waals surface area contributed by atoms with Crippen molar-refractivity contribution < 1.29 is 9.59 Å². The van der Waals surface area contributed by atoms with Crippen molar-refractivity contribution in [3.8, 4) is 0 Å². The third kappa shape index (κ3) is 3.94. The van der Waals surface area contributed by atoms with Gasteiger partial charge in [0, 0.05) is 24.3 Å². The van der Waals surface area contributed by atoms with Crippen LogP contribution in [-0.4, -0.2) is 46.1 Å². The molecule has 0 radical (unpaired) electrons. The van der Waals surface area contributed by atoms with E-state index in [4.69, 9.17) is 11.6 Å². The lowest BCUT2D eigenvalue weighted by Crippen LogP contribution is -2.38. The maximum absolute atomic E-state index is 12.1. The van der Waals surface area contributed by atoms with Crippen LogP contribution in [0.5, 0.6) is 0 Å². The van der Waals surface area contributed by atoms with Gasteiger partial charge in [-0.15, -0.1) is 0 Å². The van der Waals surface area contributed by atoms with Crippen LogP contribution in [0.3, 0.4) is 0 Å². The Morgan fingerprint density at radius 3 is 2.71 bits per heavy atom. The minimum absolute atomic E-state index is 0.0223. The second kappa shape index (κ2) is 7.49. The van der Waals surface area contributed by atoms with Crippen molar-refractivity contribution in [1.29, 1.82) is 0 Å². The van der Waals surface area contributed by atoms with Gasteiger partial charge in [0.15, 0.2) is 0 Å². The third-order valence-corrected chi connectivity index (χ3v) is 4.41. The molecule has 6 nitrogen and oxygen atoms in total. The van der Waals surface area contributed by atoms with Crippen LogP contribution in [0.2, 0.25) is 5.02 Å². The van der Waals surface area contributed by atoms with Crippen molar-refractivity contribution in [2.75, 3.05) is 19.6 Å². The Morgan fingerprint density at radius 1 is 1.21 bits per heavy atom. The fourth-order valence-corrected chi connectivity index (χ4v) is 2.90. The molecule has 1 aliphatic rings. The first-order valence-electron chi connectivity index (χ1n) is 7.95. The largest absolute Gasteiger partial charge is 0.343 e. The lowest BCUT2D eigenvalue weighted by atomic mass is 10.2. The molecule has 1 aliphatic heterocycles. The normalized spacial score (nSPS) is 14.0. The Morgan fingerprint density at radius 2 is 1.96 bits per heavy atom. The quantitative estimate of drug-likeness (QED) is 0.899. The van der Waals surface area contributed by atoms with Crippen LogP contribution in [-0.2, 0) is 11.3 Å². The summed E-state index contributed by atoms with van der Waals surface area (Å²) in [6.07, 6.45) is 5.22. The number of nitrogens with one attached hydrogen (secondary N) is 1. The van der Waals surface area contributed by atoms with Gasteiger partial charge in [-0.2, -0.15) is 5.10 Å². The maximum Gasteiger partial charge on any atom is 0.254 e. The molecule has 0 atom stereocenters. The number of rotatable bonds is 5. The lowest BCUT2D eigenvalue weighted by molar-refractivity contribution is -0.129. The fraction of sp³-hybridized carbons (Fsp3) is 0.353. The van der Waals surface area contributed by atoms with Gasteiger partial charge in [0.25, 0.3) is 5.91 Å². The van der Waals surface area contributed by atoms with Crippen molar-refractivity contribution in [3.05, 3.63) is 52.8 Å². The monoisotopic (exact) mass is 346 g/mol. The summed E-state index contributed by atoms with van der Waals surface area (Å²) in [7, 11) is 0. The van der Waals surface area contributed by atoms with Gasteiger partial charge >= 0.3 is 0 Å². The summed E-state index contributed by atoms with van der Waals surface area (Å²) in [6.45, 7) is 2.07. The molecule has 0 unspecified atom stereocenters. The van der Waals surface area contributed by atoms with E-state index >= 15 is 0 Å². The van der Waals surface area contributed by atoms with Gasteiger partial charge in [-0.1, -0.05) is 29.8 Å². The molecule has 2 amide bonds. The molecular weight excluding hydrogens is 328 g/mol. The van der Waals surface area contributed by atoms with E-state index in [2.05, 4.69) is 10.4 Å². The van der Waals surface area contributed by atoms with E-state index in [1.165, 1.54) is 6.20 Å². The SMILES string of the molecule is O=C(NCC(=O)N1CCCC1)c1cnn(Cc2ccccc2Cl)c1. The molecule has 7 heteroatoms. The molecule has 0 saturated carbocycles. The molecule has 126 valence electrons. The molecule has 3 rings (SSSR count). The van der Waals surface area contributed by atoms with Gasteiger partial charge < -0.3 is 10.2 Å². The molecule has 2 heterocycles. The summed E-state index contributed by atoms with van der Waals surface area (Å²) in [5.74, 6) is -0.336. The molecule has 2 aromatic rings. The summed E-state index contributed by atoms with van der Waals surface area (Å²) in [5.41, 5.74) is 1.36. The van der Waals surface area contributed by atoms with E-state index < -0.39 is 0 Å². The minimum Gasteiger partial charge on any atom is -0.343 e. The topological polar surface area (TPSA) is 67.2 Å². The lowest BCUT2D eigenvalue weighted by Gasteiger charge is -2.15. The Balaban J connectivity index is 1.55. The predicted molar refractivity (Wildman–Crippen MR) is 90.9 cm³/mol. The standard InChI is InChI=1S/C17H19ClN4O2/c18-15-6-2-1-5-13(15)11-22-12-14(9-20-22)17(24)19-10-16(23)21-7-3-4-8-21/h1-2,5-6,9,12H,3-4,7-8,10-11H2,(H,19,24). The van der Waals surface area contributed by atoms with Crippen molar-refractivity contribution in [2.45, 2.75) is 19.4 Å². The van der Waals surface area contributed by atoms with E-state index in [0.29, 0.717) is 17.1 Å². The number of nitrogens with zero attached hydrogens (tertiary/aromatic N) is 3. The fourth-order valence-electron chi connectivity index (χ4n) is 2.70. The predicted octanol–water partition coefficient (Wildman–Crippen LogP) is 1.94. The van der Waals surface area contributed by atoms with Crippen LogP contribution in [0.1, 0.15) is 28.8 Å². The number of aromatic nitrogens is 2. The van der Waals surface area contributed by atoms with Crippen molar-refractivity contribution >= 4 is 23.4 Å². The van der Waals surface area contributed by atoms with Crippen molar-refractivity contribution in [2.24, 2.45) is 0 Å².